The third-order valence-electron chi connectivity index (χ3n) is 0. The van der Waals surface area contributed by atoms with Crippen molar-refractivity contribution in [3.8, 4) is 0 Å². The van der Waals surface area contributed by atoms with Crippen LogP contribution in [0.4, 0.5) is 4.79 Å². The van der Waals surface area contributed by atoms with Crippen LogP contribution in [0.5, 0.6) is 0 Å². The van der Waals surface area contributed by atoms with Gasteiger partial charge in [-0.2, -0.15) is 0 Å². The maximum absolute atomic E-state index is 8.56. The summed E-state index contributed by atoms with van der Waals surface area (Å²) in [6, 6.07) is 0. The van der Waals surface area contributed by atoms with E-state index in [4.69, 9.17) is 15.0 Å². The van der Waals surface area contributed by atoms with Gasteiger partial charge in [0, 0.05) is 0 Å². The Kier molecular flexibility index (Phi) is 25.6. The minimum atomic E-state index is -1.83. The second-order valence-corrected chi connectivity index (χ2v) is 0.283. The standard InChI is InChI=1S/CH2O3.Bi.Sr.5H/c2-1(3)4;;;;;;;/h(H2,2,3,4);;;;;;;. The molecule has 0 aromatic carbocycles. The Morgan fingerprint density at radius 2 is 1.33 bits per heavy atom. The van der Waals surface area contributed by atoms with Gasteiger partial charge >= 0.3 is 77.8 Å². The molecular formula is CH7BiO3Sr. The molecule has 0 aromatic rings. The molecule has 3 nitrogen and oxygen atoms in total. The quantitative estimate of drug-likeness (QED) is 0.496. The van der Waals surface area contributed by atoms with Crippen LogP contribution in [0.1, 0.15) is 0 Å². The second-order valence-electron chi connectivity index (χ2n) is 0.283. The van der Waals surface area contributed by atoms with Crippen molar-refractivity contribution in [3.05, 3.63) is 0 Å². The number of carbonyl (C=O) groups is 1. The summed E-state index contributed by atoms with van der Waals surface area (Å²) in [5.74, 6) is 0. The Hall–Kier alpha value is 1.63. The van der Waals surface area contributed by atoms with E-state index < -0.39 is 6.16 Å². The zero-order valence-corrected chi connectivity index (χ0v) is 8.01. The Bertz CT molecular complexity index is 33.8. The molecule has 0 rings (SSSR count). The van der Waals surface area contributed by atoms with Gasteiger partial charge in [0.2, 0.25) is 0 Å². The number of hydrogen-bond donors (Lipinski definition) is 2. The van der Waals surface area contributed by atoms with Crippen LogP contribution in [0.25, 0.3) is 0 Å². The summed E-state index contributed by atoms with van der Waals surface area (Å²) in [6.07, 6.45) is -1.83. The molecule has 0 saturated heterocycles. The van der Waals surface area contributed by atoms with Crippen molar-refractivity contribution in [2.75, 3.05) is 0 Å². The van der Waals surface area contributed by atoms with Crippen molar-refractivity contribution in [2.24, 2.45) is 0 Å². The molecule has 6 heavy (non-hydrogen) atoms. The summed E-state index contributed by atoms with van der Waals surface area (Å²) in [5.41, 5.74) is 0. The molecule has 0 unspecified atom stereocenters. The van der Waals surface area contributed by atoms with E-state index in [2.05, 4.69) is 0 Å². The summed E-state index contributed by atoms with van der Waals surface area (Å²) < 4.78 is 0. The molecule has 36 valence electrons. The van der Waals surface area contributed by atoms with E-state index in [0.717, 1.165) is 0 Å². The number of hydrogen-bond acceptors (Lipinski definition) is 1. The molecule has 0 heterocycles. The molecule has 5 heteroatoms. The SMILES string of the molecule is O=C(O)O.[BiH3].[SrH2]. The molecule has 0 aliphatic rings. The molecule has 0 radical (unpaired) electrons. The van der Waals surface area contributed by atoms with Gasteiger partial charge in [-0.3, -0.25) is 0 Å². The zero-order chi connectivity index (χ0) is 3.58. The van der Waals surface area contributed by atoms with Crippen molar-refractivity contribution in [2.45, 2.75) is 0 Å². The summed E-state index contributed by atoms with van der Waals surface area (Å²) in [5, 5.41) is 13.9. The molecule has 0 saturated carbocycles. The van der Waals surface area contributed by atoms with Gasteiger partial charge < -0.3 is 10.2 Å². The Labute approximate surface area is 91.1 Å². The van der Waals surface area contributed by atoms with Crippen LogP contribution < -0.4 is 0 Å². The third-order valence-corrected chi connectivity index (χ3v) is 0. The molecule has 0 aromatic heterocycles. The molecule has 0 amide bonds. The minimum absolute atomic E-state index is 0. The predicted molar refractivity (Wildman–Crippen MR) is 29.1 cm³/mol. The van der Waals surface area contributed by atoms with Gasteiger partial charge in [-0.05, 0) is 0 Å². The first-order chi connectivity index (χ1) is 1.73. The molecule has 0 atom stereocenters. The normalized spacial score (nSPS) is 4.00. The molecular weight excluding hydrogens is 357 g/mol. The van der Waals surface area contributed by atoms with Crippen LogP contribution in [0, 0.1) is 0 Å². The number of rotatable bonds is 0. The summed E-state index contributed by atoms with van der Waals surface area (Å²) in [4.78, 5) is 8.56. The van der Waals surface area contributed by atoms with E-state index in [1.807, 2.05) is 0 Å². The third kappa shape index (κ3) is 45.3. The molecule has 0 fully saturated rings. The molecule has 0 bridgehead atoms. The van der Waals surface area contributed by atoms with Crippen molar-refractivity contribution in [1.82, 2.24) is 0 Å². The van der Waals surface area contributed by atoms with E-state index in [0.29, 0.717) is 0 Å². The van der Waals surface area contributed by atoms with Gasteiger partial charge in [-0.15, -0.1) is 0 Å². The number of carboxylic acid groups (broad SMARTS) is 2. The van der Waals surface area contributed by atoms with Crippen molar-refractivity contribution in [1.29, 1.82) is 0 Å². The van der Waals surface area contributed by atoms with Gasteiger partial charge in [-0.1, -0.05) is 0 Å². The van der Waals surface area contributed by atoms with Gasteiger partial charge in [0.15, 0.2) is 0 Å². The fourth-order valence-electron chi connectivity index (χ4n) is 0. The van der Waals surface area contributed by atoms with E-state index in [1.165, 1.54) is 0 Å². The average Bonchev–Trinajstić information content (AvgIpc) is 0.811. The van der Waals surface area contributed by atoms with Crippen molar-refractivity contribution in [3.63, 3.8) is 0 Å². The van der Waals surface area contributed by atoms with Crippen LogP contribution >= 0.6 is 0 Å². The van der Waals surface area contributed by atoms with Crippen LogP contribution in [0.2, 0.25) is 0 Å². The topological polar surface area (TPSA) is 57.5 Å². The van der Waals surface area contributed by atoms with Crippen molar-refractivity contribution >= 4 is 77.8 Å². The first-order valence-electron chi connectivity index (χ1n) is 0.651. The monoisotopic (exact) mass is 364 g/mol. The maximum atomic E-state index is 8.56. The summed E-state index contributed by atoms with van der Waals surface area (Å²) in [6.45, 7) is 0. The fourth-order valence-corrected chi connectivity index (χ4v) is 0. The molecule has 0 aliphatic carbocycles. The Morgan fingerprint density at radius 3 is 1.33 bits per heavy atom. The second kappa shape index (κ2) is 9.81. The average molecular weight is 364 g/mol. The Morgan fingerprint density at radius 1 is 1.33 bits per heavy atom. The first kappa shape index (κ1) is 15.6. The van der Waals surface area contributed by atoms with Gasteiger partial charge in [0.05, 0.1) is 0 Å². The van der Waals surface area contributed by atoms with Crippen molar-refractivity contribution < 1.29 is 15.0 Å². The van der Waals surface area contributed by atoms with Crippen LogP contribution in [-0.2, 0) is 0 Å². The molecule has 0 spiro atoms. The summed E-state index contributed by atoms with van der Waals surface area (Å²) >= 11 is 0. The van der Waals surface area contributed by atoms with Gasteiger partial charge in [0.1, 0.15) is 0 Å². The fraction of sp³-hybridized carbons (Fsp3) is 0. The zero-order valence-electron chi connectivity index (χ0n) is 2.51. The van der Waals surface area contributed by atoms with Crippen LogP contribution in [-0.4, -0.2) is 88.1 Å². The van der Waals surface area contributed by atoms with E-state index in [9.17, 15) is 0 Å². The van der Waals surface area contributed by atoms with Crippen LogP contribution in [0.15, 0.2) is 0 Å². The molecule has 0 aliphatic heterocycles. The van der Waals surface area contributed by atoms with E-state index in [-0.39, 0.29) is 71.7 Å². The van der Waals surface area contributed by atoms with Gasteiger partial charge in [-0.25, -0.2) is 4.79 Å². The first-order valence-corrected chi connectivity index (χ1v) is 0.651. The molecule has 2 N–H and O–H groups in total. The van der Waals surface area contributed by atoms with E-state index >= 15 is 0 Å². The van der Waals surface area contributed by atoms with E-state index in [1.54, 1.807) is 0 Å². The van der Waals surface area contributed by atoms with Gasteiger partial charge in [0.25, 0.3) is 0 Å². The predicted octanol–water partition coefficient (Wildman–Crippen LogP) is -1.88. The summed E-state index contributed by atoms with van der Waals surface area (Å²) in [7, 11) is 0. The Balaban J connectivity index is -0.0000000450. The van der Waals surface area contributed by atoms with Crippen LogP contribution in [0.3, 0.4) is 0 Å².